The Bertz CT molecular complexity index is 1250. The third-order valence-corrected chi connectivity index (χ3v) is 4.81. The lowest BCUT2D eigenvalue weighted by Gasteiger charge is -2.15. The van der Waals surface area contributed by atoms with Gasteiger partial charge in [-0.15, -0.1) is 0 Å². The van der Waals surface area contributed by atoms with Gasteiger partial charge in [-0.1, -0.05) is 17.7 Å². The summed E-state index contributed by atoms with van der Waals surface area (Å²) in [5, 5.41) is 16.1. The summed E-state index contributed by atoms with van der Waals surface area (Å²) in [7, 11) is 4.24. The van der Waals surface area contributed by atoms with Gasteiger partial charge in [-0.2, -0.15) is 0 Å². The van der Waals surface area contributed by atoms with E-state index in [9.17, 15) is 19.7 Å². The van der Waals surface area contributed by atoms with Crippen LogP contribution in [0, 0.1) is 17.0 Å². The molecular weight excluding hydrogens is 458 g/mol. The maximum atomic E-state index is 13.1. The lowest BCUT2D eigenvalue weighted by Crippen LogP contribution is -2.30. The Labute approximate surface area is 200 Å². The Morgan fingerprint density at radius 1 is 0.971 bits per heavy atom. The van der Waals surface area contributed by atoms with Gasteiger partial charge in [0, 0.05) is 17.3 Å². The van der Waals surface area contributed by atoms with Gasteiger partial charge in [-0.05, 0) is 37.3 Å². The van der Waals surface area contributed by atoms with E-state index in [0.29, 0.717) is 11.4 Å². The van der Waals surface area contributed by atoms with Crippen LogP contribution in [0.15, 0.2) is 58.6 Å². The number of ether oxygens (including phenoxy) is 3. The maximum Gasteiger partial charge on any atom is 0.433 e. The first-order chi connectivity index (χ1) is 16.7. The number of nitro groups is 1. The summed E-state index contributed by atoms with van der Waals surface area (Å²) in [6.07, 6.45) is 1.19. The highest BCUT2D eigenvalue weighted by atomic mass is 16.6. The van der Waals surface area contributed by atoms with Gasteiger partial charge in [0.05, 0.1) is 27.4 Å². The number of nitrogens with zero attached hydrogens (tertiary/aromatic N) is 1. The summed E-state index contributed by atoms with van der Waals surface area (Å²) in [6, 6.07) is 12.3. The fourth-order valence-electron chi connectivity index (χ4n) is 3.06. The Hall–Kier alpha value is -4.80. The van der Waals surface area contributed by atoms with Crippen LogP contribution in [0.5, 0.6) is 17.2 Å². The highest BCUT2D eigenvalue weighted by Crippen LogP contribution is 2.38. The number of anilines is 1. The number of hydrogen-bond donors (Lipinski definition) is 2. The molecule has 0 atom stereocenters. The minimum absolute atomic E-state index is 0.00375. The second-order valence-electron chi connectivity index (χ2n) is 7.18. The largest absolute Gasteiger partial charge is 0.493 e. The van der Waals surface area contributed by atoms with Gasteiger partial charge in [0.15, 0.2) is 11.5 Å². The molecule has 2 aromatic carbocycles. The van der Waals surface area contributed by atoms with Gasteiger partial charge in [0.2, 0.25) is 5.75 Å². The predicted octanol–water partition coefficient (Wildman–Crippen LogP) is 3.93. The van der Waals surface area contributed by atoms with E-state index in [0.717, 1.165) is 11.6 Å². The second kappa shape index (κ2) is 10.9. The van der Waals surface area contributed by atoms with Crippen LogP contribution in [0.2, 0.25) is 0 Å². The number of carbonyl (C=O) groups excluding carboxylic acids is 2. The molecule has 0 bridgehead atoms. The van der Waals surface area contributed by atoms with Gasteiger partial charge < -0.3 is 29.3 Å². The van der Waals surface area contributed by atoms with Crippen LogP contribution in [0.4, 0.5) is 11.6 Å². The quantitative estimate of drug-likeness (QED) is 0.266. The first-order valence-electron chi connectivity index (χ1n) is 10.2. The lowest BCUT2D eigenvalue weighted by atomic mass is 10.1. The van der Waals surface area contributed by atoms with Gasteiger partial charge in [0.1, 0.15) is 16.4 Å². The lowest BCUT2D eigenvalue weighted by molar-refractivity contribution is -0.402. The molecule has 0 aliphatic carbocycles. The first-order valence-corrected chi connectivity index (χ1v) is 10.2. The first kappa shape index (κ1) is 24.8. The fraction of sp³-hybridized carbons (Fsp3) is 0.167. The molecule has 0 radical (unpaired) electrons. The molecule has 0 saturated carbocycles. The number of nitrogens with one attached hydrogen (secondary N) is 2. The average molecular weight is 481 g/mol. The van der Waals surface area contributed by atoms with Crippen LogP contribution in [0.25, 0.3) is 6.08 Å². The van der Waals surface area contributed by atoms with E-state index >= 15 is 0 Å². The third kappa shape index (κ3) is 5.96. The van der Waals surface area contributed by atoms with Crippen molar-refractivity contribution in [2.45, 2.75) is 6.92 Å². The van der Waals surface area contributed by atoms with Crippen molar-refractivity contribution >= 4 is 29.5 Å². The number of furan rings is 1. The molecule has 0 aliphatic rings. The van der Waals surface area contributed by atoms with Crippen molar-refractivity contribution in [1.82, 2.24) is 5.32 Å². The van der Waals surface area contributed by atoms with Gasteiger partial charge in [-0.25, -0.2) is 0 Å². The number of hydrogen-bond acceptors (Lipinski definition) is 8. The molecule has 182 valence electrons. The maximum absolute atomic E-state index is 13.1. The zero-order valence-electron chi connectivity index (χ0n) is 19.4. The van der Waals surface area contributed by atoms with Crippen LogP contribution in [0.1, 0.15) is 21.7 Å². The van der Waals surface area contributed by atoms with E-state index in [-0.39, 0.29) is 28.5 Å². The zero-order valence-corrected chi connectivity index (χ0v) is 19.4. The van der Waals surface area contributed by atoms with Gasteiger partial charge in [-0.3, -0.25) is 19.7 Å². The highest BCUT2D eigenvalue weighted by molar-refractivity contribution is 6.10. The minimum Gasteiger partial charge on any atom is -0.493 e. The van der Waals surface area contributed by atoms with Crippen molar-refractivity contribution in [2.75, 3.05) is 26.6 Å². The average Bonchev–Trinajstić information content (AvgIpc) is 3.33. The Morgan fingerprint density at radius 3 is 2.11 bits per heavy atom. The molecule has 1 aromatic heterocycles. The number of rotatable bonds is 9. The van der Waals surface area contributed by atoms with E-state index in [2.05, 4.69) is 10.6 Å². The normalized spacial score (nSPS) is 10.9. The number of aryl methyl sites for hydroxylation is 1. The van der Waals surface area contributed by atoms with E-state index < -0.39 is 22.6 Å². The van der Waals surface area contributed by atoms with E-state index in [1.165, 1.54) is 45.6 Å². The SMILES string of the molecule is COc1cc(C(=O)N/C(=C/c2ccc([N+](=O)[O-])o2)C(=O)Nc2ccc(C)cc2)cc(OC)c1OC. The van der Waals surface area contributed by atoms with Crippen molar-refractivity contribution in [3.63, 3.8) is 0 Å². The second-order valence-corrected chi connectivity index (χ2v) is 7.18. The molecule has 0 aliphatic heterocycles. The van der Waals surface area contributed by atoms with Gasteiger partial charge >= 0.3 is 5.88 Å². The number of carbonyl (C=O) groups is 2. The predicted molar refractivity (Wildman–Crippen MR) is 127 cm³/mol. The summed E-state index contributed by atoms with van der Waals surface area (Å²) in [5.41, 5.74) is 1.38. The number of methoxy groups -OCH3 is 3. The molecule has 0 spiro atoms. The van der Waals surface area contributed by atoms with Crippen molar-refractivity contribution in [3.05, 3.63) is 81.2 Å². The molecule has 2 N–H and O–H groups in total. The minimum atomic E-state index is -0.710. The van der Waals surface area contributed by atoms with Crippen LogP contribution in [-0.2, 0) is 4.79 Å². The molecule has 11 nitrogen and oxygen atoms in total. The fourth-order valence-corrected chi connectivity index (χ4v) is 3.06. The summed E-state index contributed by atoms with van der Waals surface area (Å²) in [5.74, 6) is -1.07. The van der Waals surface area contributed by atoms with Crippen LogP contribution >= 0.6 is 0 Å². The Balaban J connectivity index is 1.96. The Kier molecular flexibility index (Phi) is 7.72. The molecule has 2 amide bonds. The topological polar surface area (TPSA) is 142 Å². The monoisotopic (exact) mass is 481 g/mol. The molecule has 1 heterocycles. The molecule has 11 heteroatoms. The summed E-state index contributed by atoms with van der Waals surface area (Å²) < 4.78 is 20.9. The van der Waals surface area contributed by atoms with Crippen molar-refractivity contribution in [3.8, 4) is 17.2 Å². The third-order valence-electron chi connectivity index (χ3n) is 4.81. The van der Waals surface area contributed by atoms with E-state index in [1.807, 2.05) is 19.1 Å². The highest BCUT2D eigenvalue weighted by Gasteiger charge is 2.21. The molecule has 35 heavy (non-hydrogen) atoms. The van der Waals surface area contributed by atoms with Crippen molar-refractivity contribution < 1.29 is 33.1 Å². The summed E-state index contributed by atoms with van der Waals surface area (Å²) >= 11 is 0. The smallest absolute Gasteiger partial charge is 0.433 e. The van der Waals surface area contributed by atoms with Crippen LogP contribution < -0.4 is 24.8 Å². The van der Waals surface area contributed by atoms with Crippen molar-refractivity contribution in [1.29, 1.82) is 0 Å². The summed E-state index contributed by atoms with van der Waals surface area (Å²) in [4.78, 5) is 36.3. The zero-order chi connectivity index (χ0) is 25.5. The molecule has 0 unspecified atom stereocenters. The molecule has 0 saturated heterocycles. The number of amides is 2. The van der Waals surface area contributed by atoms with Crippen molar-refractivity contribution in [2.24, 2.45) is 0 Å². The Morgan fingerprint density at radius 2 is 1.60 bits per heavy atom. The van der Waals surface area contributed by atoms with Crippen LogP contribution in [0.3, 0.4) is 0 Å². The molecule has 0 fully saturated rings. The molecule has 3 aromatic rings. The standard InChI is InChI=1S/C24H23N3O8/c1-14-5-7-16(8-6-14)25-24(29)18(13-17-9-10-21(35-17)27(30)31)26-23(28)15-11-19(32-2)22(34-4)20(12-15)33-3/h5-13H,1-4H3,(H,25,29)(H,26,28)/b18-13+. The molecular formula is C24H23N3O8. The van der Waals surface area contributed by atoms with E-state index in [4.69, 9.17) is 18.6 Å². The number of benzene rings is 2. The van der Waals surface area contributed by atoms with Crippen LogP contribution in [-0.4, -0.2) is 38.1 Å². The summed E-state index contributed by atoms with van der Waals surface area (Å²) in [6.45, 7) is 1.90. The molecule has 3 rings (SSSR count). The van der Waals surface area contributed by atoms with Gasteiger partial charge in [0.25, 0.3) is 11.8 Å². The van der Waals surface area contributed by atoms with E-state index in [1.54, 1.807) is 12.1 Å².